The van der Waals surface area contributed by atoms with Crippen LogP contribution in [0.15, 0.2) is 0 Å². The molecule has 0 aliphatic rings. The van der Waals surface area contributed by atoms with E-state index in [1.807, 2.05) is 0 Å². The molecule has 0 saturated heterocycles. The van der Waals surface area contributed by atoms with Crippen molar-refractivity contribution in [3.63, 3.8) is 0 Å². The first-order valence-electron chi connectivity index (χ1n) is 4.15. The third-order valence-electron chi connectivity index (χ3n) is 1.55. The number of alkyl halides is 2. The lowest BCUT2D eigenvalue weighted by Crippen LogP contribution is -2.53. The summed E-state index contributed by atoms with van der Waals surface area (Å²) >= 11 is 11.1. The molecule has 98 valence electrons. The summed E-state index contributed by atoms with van der Waals surface area (Å²) < 4.78 is 48.4. The van der Waals surface area contributed by atoms with Gasteiger partial charge in [-0.3, -0.25) is 0 Å². The number of hydrogen-bond donors (Lipinski definition) is 2. The molecule has 0 rings (SSSR count). The van der Waals surface area contributed by atoms with Gasteiger partial charge in [0.2, 0.25) is 20.0 Å². The zero-order valence-corrected chi connectivity index (χ0v) is 11.9. The molecule has 0 aromatic heterocycles. The Kier molecular flexibility index (Phi) is 6.52. The fraction of sp³-hybridized carbons (Fsp3) is 1.00. The summed E-state index contributed by atoms with van der Waals surface area (Å²) in [6.45, 7) is 0. The topological polar surface area (TPSA) is 92.3 Å². The van der Waals surface area contributed by atoms with Gasteiger partial charge < -0.3 is 0 Å². The van der Waals surface area contributed by atoms with E-state index in [1.54, 1.807) is 0 Å². The van der Waals surface area contributed by atoms with Crippen LogP contribution in [-0.2, 0) is 20.0 Å². The van der Waals surface area contributed by atoms with E-state index < -0.39 is 32.1 Å². The van der Waals surface area contributed by atoms with Crippen molar-refractivity contribution in [3.05, 3.63) is 0 Å². The van der Waals surface area contributed by atoms with Crippen LogP contribution in [0.1, 0.15) is 0 Å². The highest BCUT2D eigenvalue weighted by atomic mass is 35.5. The van der Waals surface area contributed by atoms with Crippen LogP contribution in [0.5, 0.6) is 0 Å². The van der Waals surface area contributed by atoms with Crippen LogP contribution in [0.25, 0.3) is 0 Å². The van der Waals surface area contributed by atoms with E-state index in [0.29, 0.717) is 0 Å². The van der Waals surface area contributed by atoms with E-state index in [0.717, 1.165) is 12.5 Å². The molecule has 0 saturated carbocycles. The van der Waals surface area contributed by atoms with Gasteiger partial charge in [0.05, 0.1) is 24.6 Å². The van der Waals surface area contributed by atoms with Crippen LogP contribution in [0, 0.1) is 0 Å². The van der Waals surface area contributed by atoms with Crippen molar-refractivity contribution in [1.29, 1.82) is 0 Å². The predicted octanol–water partition coefficient (Wildman–Crippen LogP) is -0.700. The first-order chi connectivity index (χ1) is 7.09. The third-order valence-corrected chi connectivity index (χ3v) is 3.68. The van der Waals surface area contributed by atoms with E-state index >= 15 is 0 Å². The van der Waals surface area contributed by atoms with E-state index in [2.05, 4.69) is 9.44 Å². The lowest BCUT2D eigenvalue weighted by molar-refractivity contribution is 0.497. The maximum Gasteiger partial charge on any atom is 0.209 e. The molecule has 16 heavy (non-hydrogen) atoms. The quantitative estimate of drug-likeness (QED) is 0.608. The van der Waals surface area contributed by atoms with Crippen molar-refractivity contribution < 1.29 is 16.8 Å². The van der Waals surface area contributed by atoms with Gasteiger partial charge in [-0.1, -0.05) is 0 Å². The maximum absolute atomic E-state index is 11.0. The second-order valence-electron chi connectivity index (χ2n) is 3.30. The average molecular weight is 313 g/mol. The molecule has 6 nitrogen and oxygen atoms in total. The van der Waals surface area contributed by atoms with Crippen LogP contribution >= 0.6 is 23.2 Å². The maximum atomic E-state index is 11.0. The monoisotopic (exact) mass is 312 g/mol. The lowest BCUT2D eigenvalue weighted by Gasteiger charge is -2.23. The minimum atomic E-state index is -3.47. The minimum absolute atomic E-state index is 0.0903. The molecule has 2 N–H and O–H groups in total. The summed E-state index contributed by atoms with van der Waals surface area (Å²) in [4.78, 5) is 0. The molecule has 10 heteroatoms. The van der Waals surface area contributed by atoms with Crippen LogP contribution in [0.2, 0.25) is 0 Å². The first kappa shape index (κ1) is 16.4. The molecule has 0 radical (unpaired) electrons. The van der Waals surface area contributed by atoms with Crippen LogP contribution in [-0.4, -0.2) is 53.2 Å². The van der Waals surface area contributed by atoms with Gasteiger partial charge in [0.25, 0.3) is 0 Å². The van der Waals surface area contributed by atoms with E-state index in [4.69, 9.17) is 23.2 Å². The van der Waals surface area contributed by atoms with Gasteiger partial charge in [0, 0.05) is 11.8 Å². The van der Waals surface area contributed by atoms with Gasteiger partial charge in [0.1, 0.15) is 0 Å². The molecule has 0 spiro atoms. The van der Waals surface area contributed by atoms with Crippen molar-refractivity contribution >= 4 is 43.2 Å². The van der Waals surface area contributed by atoms with E-state index in [-0.39, 0.29) is 11.8 Å². The molecule has 0 amide bonds. The molecule has 0 aliphatic carbocycles. The van der Waals surface area contributed by atoms with Gasteiger partial charge in [-0.2, -0.15) is 0 Å². The molecule has 0 unspecified atom stereocenters. The van der Waals surface area contributed by atoms with Crippen LogP contribution in [0.3, 0.4) is 0 Å². The summed E-state index contributed by atoms with van der Waals surface area (Å²) in [5.74, 6) is -0.181. The van der Waals surface area contributed by atoms with Crippen molar-refractivity contribution in [2.75, 3.05) is 24.3 Å². The highest BCUT2D eigenvalue weighted by Crippen LogP contribution is 2.03. The average Bonchev–Trinajstić information content (AvgIpc) is 2.07. The molecule has 2 atom stereocenters. The number of hydrogen-bond acceptors (Lipinski definition) is 4. The SMILES string of the molecule is CS(=O)(=O)N[C@H](CCl)[C@@H](CCl)NS(C)(=O)=O. The molecule has 0 fully saturated rings. The summed E-state index contributed by atoms with van der Waals surface area (Å²) in [6, 6.07) is -1.58. The summed E-state index contributed by atoms with van der Waals surface area (Å²) in [7, 11) is -6.95. The summed E-state index contributed by atoms with van der Waals surface area (Å²) in [6.07, 6.45) is 1.91. The number of rotatable bonds is 7. The number of sulfonamides is 2. The molecular weight excluding hydrogens is 299 g/mol. The Hall–Kier alpha value is 0.400. The Bertz CT molecular complexity index is 368. The molecule has 0 aromatic carbocycles. The standard InChI is InChI=1S/C6H14Cl2N2O4S2/c1-15(11,12)9-5(3-7)6(4-8)10-16(2,13)14/h5-6,9-10H,3-4H2,1-2H3/t5-,6-/m1/s1. The summed E-state index contributed by atoms with van der Waals surface area (Å²) in [5, 5.41) is 0. The number of nitrogens with one attached hydrogen (secondary N) is 2. The minimum Gasteiger partial charge on any atom is -0.213 e. The zero-order valence-electron chi connectivity index (χ0n) is 8.77. The highest BCUT2D eigenvalue weighted by molar-refractivity contribution is 7.89. The van der Waals surface area contributed by atoms with Gasteiger partial charge in [-0.25, -0.2) is 26.3 Å². The Morgan fingerprint density at radius 1 is 0.875 bits per heavy atom. The second kappa shape index (κ2) is 6.36. The third kappa shape index (κ3) is 7.64. The first-order valence-corrected chi connectivity index (χ1v) is 9.00. The smallest absolute Gasteiger partial charge is 0.209 e. The van der Waals surface area contributed by atoms with Gasteiger partial charge in [0.15, 0.2) is 0 Å². The molecule has 0 bridgehead atoms. The van der Waals surface area contributed by atoms with Crippen LogP contribution in [0.4, 0.5) is 0 Å². The Morgan fingerprint density at radius 3 is 1.25 bits per heavy atom. The fourth-order valence-electron chi connectivity index (χ4n) is 0.992. The molecule has 0 heterocycles. The van der Waals surface area contributed by atoms with Crippen molar-refractivity contribution in [1.82, 2.24) is 9.44 Å². The van der Waals surface area contributed by atoms with E-state index in [9.17, 15) is 16.8 Å². The largest absolute Gasteiger partial charge is 0.213 e. The highest BCUT2D eigenvalue weighted by Gasteiger charge is 2.25. The van der Waals surface area contributed by atoms with Crippen molar-refractivity contribution in [3.8, 4) is 0 Å². The normalized spacial score (nSPS) is 17.0. The van der Waals surface area contributed by atoms with Crippen molar-refractivity contribution in [2.24, 2.45) is 0 Å². The van der Waals surface area contributed by atoms with Gasteiger partial charge in [-0.05, 0) is 0 Å². The Balaban J connectivity index is 4.77. The van der Waals surface area contributed by atoms with Gasteiger partial charge >= 0.3 is 0 Å². The Labute approximate surface area is 106 Å². The zero-order chi connectivity index (χ0) is 13.0. The van der Waals surface area contributed by atoms with E-state index in [1.165, 1.54) is 0 Å². The Morgan fingerprint density at radius 2 is 1.12 bits per heavy atom. The summed E-state index contributed by atoms with van der Waals surface area (Å²) in [5.41, 5.74) is 0. The lowest BCUT2D eigenvalue weighted by atomic mass is 10.2. The second-order valence-corrected chi connectivity index (χ2v) is 7.48. The molecular formula is C6H14Cl2N2O4S2. The van der Waals surface area contributed by atoms with Crippen LogP contribution < -0.4 is 9.44 Å². The number of halogens is 2. The predicted molar refractivity (Wildman–Crippen MR) is 65.0 cm³/mol. The van der Waals surface area contributed by atoms with Gasteiger partial charge in [-0.15, -0.1) is 23.2 Å². The fourth-order valence-corrected chi connectivity index (χ4v) is 3.35. The molecule has 0 aromatic rings. The molecule has 0 aliphatic heterocycles. The van der Waals surface area contributed by atoms with Crippen molar-refractivity contribution in [2.45, 2.75) is 12.1 Å².